The second kappa shape index (κ2) is 8.68. The number of ether oxygens (including phenoxy) is 1. The Kier molecular flexibility index (Phi) is 7.24. The molecule has 124 valence electrons. The summed E-state index contributed by atoms with van der Waals surface area (Å²) in [4.78, 5) is 11.7. The van der Waals surface area contributed by atoms with Gasteiger partial charge >= 0.3 is 6.61 Å². The van der Waals surface area contributed by atoms with Gasteiger partial charge in [0.25, 0.3) is 0 Å². The number of alkyl halides is 2. The first-order chi connectivity index (χ1) is 10.3. The molecule has 1 aromatic carbocycles. The molecule has 2 atom stereocenters. The van der Waals surface area contributed by atoms with Crippen LogP contribution in [0.15, 0.2) is 24.3 Å². The van der Waals surface area contributed by atoms with Gasteiger partial charge < -0.3 is 15.2 Å². The minimum atomic E-state index is -2.88. The third-order valence-corrected chi connectivity index (χ3v) is 3.63. The van der Waals surface area contributed by atoms with Crippen LogP contribution in [0.25, 0.3) is 0 Å². The topological polar surface area (TPSA) is 58.6 Å². The van der Waals surface area contributed by atoms with E-state index in [1.54, 1.807) is 0 Å². The Labute approximate surface area is 129 Å². The zero-order chi connectivity index (χ0) is 16.7. The predicted molar refractivity (Wildman–Crippen MR) is 79.7 cm³/mol. The van der Waals surface area contributed by atoms with Crippen molar-refractivity contribution in [2.24, 2.45) is 11.8 Å². The molecule has 22 heavy (non-hydrogen) atoms. The van der Waals surface area contributed by atoms with Crippen LogP contribution in [0.1, 0.15) is 38.9 Å². The van der Waals surface area contributed by atoms with Crippen molar-refractivity contribution in [3.8, 4) is 5.75 Å². The molecule has 0 aromatic heterocycles. The fourth-order valence-corrected chi connectivity index (χ4v) is 1.80. The molecular formula is C16H23F2NO3. The van der Waals surface area contributed by atoms with Gasteiger partial charge in [0.1, 0.15) is 5.75 Å². The quantitative estimate of drug-likeness (QED) is 0.775. The Balaban J connectivity index is 2.45. The number of amides is 1. The van der Waals surface area contributed by atoms with E-state index in [0.717, 1.165) is 0 Å². The van der Waals surface area contributed by atoms with Crippen molar-refractivity contribution < 1.29 is 23.4 Å². The molecule has 0 aliphatic carbocycles. The van der Waals surface area contributed by atoms with Crippen molar-refractivity contribution >= 4 is 5.91 Å². The smallest absolute Gasteiger partial charge is 0.387 e. The SMILES string of the molecule is CC(C)C(C)CC(=O)NCC(O)c1ccc(OC(F)F)cc1. The number of carbonyl (C=O) groups excluding carboxylic acids is 1. The fourth-order valence-electron chi connectivity index (χ4n) is 1.80. The van der Waals surface area contributed by atoms with E-state index >= 15 is 0 Å². The summed E-state index contributed by atoms with van der Waals surface area (Å²) in [6.45, 7) is 3.31. The molecule has 0 saturated heterocycles. The van der Waals surface area contributed by atoms with Crippen molar-refractivity contribution in [1.29, 1.82) is 0 Å². The van der Waals surface area contributed by atoms with E-state index < -0.39 is 12.7 Å². The summed E-state index contributed by atoms with van der Waals surface area (Å²) in [5, 5.41) is 12.7. The Bertz CT molecular complexity index is 463. The Morgan fingerprint density at radius 3 is 2.32 bits per heavy atom. The highest BCUT2D eigenvalue weighted by atomic mass is 19.3. The van der Waals surface area contributed by atoms with Crippen molar-refractivity contribution in [3.63, 3.8) is 0 Å². The Morgan fingerprint density at radius 1 is 1.23 bits per heavy atom. The van der Waals surface area contributed by atoms with Crippen molar-refractivity contribution in [2.75, 3.05) is 6.54 Å². The molecule has 0 heterocycles. The van der Waals surface area contributed by atoms with E-state index in [4.69, 9.17) is 0 Å². The van der Waals surface area contributed by atoms with Gasteiger partial charge in [-0.3, -0.25) is 4.79 Å². The molecule has 0 aliphatic heterocycles. The molecule has 0 fully saturated rings. The average Bonchev–Trinajstić information content (AvgIpc) is 2.44. The summed E-state index contributed by atoms with van der Waals surface area (Å²) in [5.41, 5.74) is 0.527. The Morgan fingerprint density at radius 2 is 1.82 bits per heavy atom. The second-order valence-electron chi connectivity index (χ2n) is 5.69. The first kappa shape index (κ1) is 18.4. The molecule has 0 bridgehead atoms. The number of hydrogen-bond acceptors (Lipinski definition) is 3. The minimum Gasteiger partial charge on any atom is -0.435 e. The van der Waals surface area contributed by atoms with Gasteiger partial charge in [-0.1, -0.05) is 32.9 Å². The van der Waals surface area contributed by atoms with Gasteiger partial charge in [-0.2, -0.15) is 8.78 Å². The Hall–Kier alpha value is -1.69. The summed E-state index contributed by atoms with van der Waals surface area (Å²) < 4.78 is 28.3. The molecule has 2 unspecified atom stereocenters. The maximum Gasteiger partial charge on any atom is 0.387 e. The van der Waals surface area contributed by atoms with E-state index in [1.165, 1.54) is 24.3 Å². The molecule has 0 aliphatic rings. The van der Waals surface area contributed by atoms with E-state index in [-0.39, 0.29) is 24.1 Å². The highest BCUT2D eigenvalue weighted by Gasteiger charge is 2.14. The molecule has 2 N–H and O–H groups in total. The highest BCUT2D eigenvalue weighted by molar-refractivity contribution is 5.76. The third kappa shape index (κ3) is 6.39. The van der Waals surface area contributed by atoms with E-state index in [9.17, 15) is 18.7 Å². The molecule has 4 nitrogen and oxygen atoms in total. The molecule has 0 radical (unpaired) electrons. The lowest BCUT2D eigenvalue weighted by molar-refractivity contribution is -0.122. The molecule has 0 spiro atoms. The summed E-state index contributed by atoms with van der Waals surface area (Å²) >= 11 is 0. The number of aliphatic hydroxyl groups is 1. The molecular weight excluding hydrogens is 292 g/mol. The highest BCUT2D eigenvalue weighted by Crippen LogP contribution is 2.19. The normalized spacial score (nSPS) is 14.0. The number of carbonyl (C=O) groups is 1. The number of benzene rings is 1. The van der Waals surface area contributed by atoms with Crippen molar-refractivity contribution in [3.05, 3.63) is 29.8 Å². The third-order valence-electron chi connectivity index (χ3n) is 3.63. The lowest BCUT2D eigenvalue weighted by Crippen LogP contribution is -2.30. The number of rotatable bonds is 8. The van der Waals surface area contributed by atoms with Crippen molar-refractivity contribution in [2.45, 2.75) is 39.9 Å². The molecule has 6 heteroatoms. The van der Waals surface area contributed by atoms with Crippen LogP contribution >= 0.6 is 0 Å². The van der Waals surface area contributed by atoms with Gasteiger partial charge in [-0.15, -0.1) is 0 Å². The minimum absolute atomic E-state index is 0.0285. The molecule has 0 saturated carbocycles. The van der Waals surface area contributed by atoms with Crippen LogP contribution in [0, 0.1) is 11.8 Å². The van der Waals surface area contributed by atoms with Gasteiger partial charge in [0.05, 0.1) is 6.10 Å². The zero-order valence-electron chi connectivity index (χ0n) is 13.1. The standard InChI is InChI=1S/C16H23F2NO3/c1-10(2)11(3)8-15(21)19-9-14(20)12-4-6-13(7-5-12)22-16(17)18/h4-7,10-11,14,16,20H,8-9H2,1-3H3,(H,19,21). The number of nitrogens with one attached hydrogen (secondary N) is 1. The molecule has 1 amide bonds. The van der Waals surface area contributed by atoms with E-state index in [2.05, 4.69) is 23.9 Å². The first-order valence-corrected chi connectivity index (χ1v) is 7.29. The number of aliphatic hydroxyl groups excluding tert-OH is 1. The summed E-state index contributed by atoms with van der Waals surface area (Å²) in [6.07, 6.45) is -0.482. The van der Waals surface area contributed by atoms with Crippen LogP contribution in [0.5, 0.6) is 5.75 Å². The average molecular weight is 315 g/mol. The van der Waals surface area contributed by atoms with Gasteiger partial charge in [0, 0.05) is 13.0 Å². The predicted octanol–water partition coefficient (Wildman–Crippen LogP) is 3.12. The maximum absolute atomic E-state index is 12.0. The van der Waals surface area contributed by atoms with Crippen LogP contribution in [-0.4, -0.2) is 24.2 Å². The van der Waals surface area contributed by atoms with E-state index in [1.807, 2.05) is 6.92 Å². The van der Waals surface area contributed by atoms with Gasteiger partial charge in [0.15, 0.2) is 0 Å². The number of hydrogen-bond donors (Lipinski definition) is 2. The second-order valence-corrected chi connectivity index (χ2v) is 5.69. The lowest BCUT2D eigenvalue weighted by Gasteiger charge is -2.17. The van der Waals surface area contributed by atoms with Gasteiger partial charge in [0.2, 0.25) is 5.91 Å². The number of halogens is 2. The summed E-state index contributed by atoms with van der Waals surface area (Å²) in [5.74, 6) is 0.597. The van der Waals surface area contributed by atoms with E-state index in [0.29, 0.717) is 17.9 Å². The summed E-state index contributed by atoms with van der Waals surface area (Å²) in [6, 6.07) is 5.69. The van der Waals surface area contributed by atoms with Crippen LogP contribution in [0.2, 0.25) is 0 Å². The molecule has 1 rings (SSSR count). The fraction of sp³-hybridized carbons (Fsp3) is 0.562. The van der Waals surface area contributed by atoms with Gasteiger partial charge in [-0.05, 0) is 29.5 Å². The largest absolute Gasteiger partial charge is 0.435 e. The summed E-state index contributed by atoms with van der Waals surface area (Å²) in [7, 11) is 0. The monoisotopic (exact) mass is 315 g/mol. The lowest BCUT2D eigenvalue weighted by atomic mass is 9.94. The maximum atomic E-state index is 12.0. The van der Waals surface area contributed by atoms with Crippen LogP contribution < -0.4 is 10.1 Å². The van der Waals surface area contributed by atoms with Crippen LogP contribution in [-0.2, 0) is 4.79 Å². The van der Waals surface area contributed by atoms with Crippen LogP contribution in [0.4, 0.5) is 8.78 Å². The molecule has 1 aromatic rings. The first-order valence-electron chi connectivity index (χ1n) is 7.29. The zero-order valence-corrected chi connectivity index (χ0v) is 13.1. The van der Waals surface area contributed by atoms with Crippen LogP contribution in [0.3, 0.4) is 0 Å². The van der Waals surface area contributed by atoms with Crippen molar-refractivity contribution in [1.82, 2.24) is 5.32 Å². The van der Waals surface area contributed by atoms with Gasteiger partial charge in [-0.25, -0.2) is 0 Å².